The third-order valence-corrected chi connectivity index (χ3v) is 5.62. The molecular formula is C23H20O3S. The molecule has 4 heteroatoms. The lowest BCUT2D eigenvalue weighted by Crippen LogP contribution is -1.95. The molecule has 0 spiro atoms. The fourth-order valence-corrected chi connectivity index (χ4v) is 4.24. The molecule has 0 aliphatic rings. The first-order valence-corrected chi connectivity index (χ1v) is 9.50. The van der Waals surface area contributed by atoms with Crippen LogP contribution < -0.4 is 14.2 Å². The third kappa shape index (κ3) is 3.13. The maximum atomic E-state index is 5.52. The first-order chi connectivity index (χ1) is 13.2. The molecule has 3 aromatic carbocycles. The van der Waals surface area contributed by atoms with Crippen molar-refractivity contribution in [1.82, 2.24) is 0 Å². The van der Waals surface area contributed by atoms with E-state index in [0.29, 0.717) is 17.2 Å². The second-order valence-corrected chi connectivity index (χ2v) is 7.06. The van der Waals surface area contributed by atoms with Crippen molar-refractivity contribution in [3.05, 3.63) is 66.0 Å². The van der Waals surface area contributed by atoms with Gasteiger partial charge in [-0.2, -0.15) is 0 Å². The van der Waals surface area contributed by atoms with E-state index in [4.69, 9.17) is 14.2 Å². The van der Waals surface area contributed by atoms with Gasteiger partial charge in [-0.15, -0.1) is 11.3 Å². The van der Waals surface area contributed by atoms with E-state index in [9.17, 15) is 0 Å². The molecular weight excluding hydrogens is 356 g/mol. The zero-order valence-electron chi connectivity index (χ0n) is 15.5. The summed E-state index contributed by atoms with van der Waals surface area (Å²) in [6, 6.07) is 21.1. The third-order valence-electron chi connectivity index (χ3n) is 4.65. The van der Waals surface area contributed by atoms with Crippen molar-refractivity contribution in [3.63, 3.8) is 0 Å². The molecule has 0 atom stereocenters. The van der Waals surface area contributed by atoms with E-state index >= 15 is 0 Å². The highest BCUT2D eigenvalue weighted by Gasteiger charge is 2.17. The lowest BCUT2D eigenvalue weighted by atomic mass is 10.00. The number of rotatable bonds is 5. The molecule has 0 amide bonds. The quantitative estimate of drug-likeness (QED) is 0.411. The van der Waals surface area contributed by atoms with Crippen molar-refractivity contribution in [2.24, 2.45) is 0 Å². The van der Waals surface area contributed by atoms with Crippen LogP contribution in [-0.2, 0) is 0 Å². The maximum Gasteiger partial charge on any atom is 0.203 e. The summed E-state index contributed by atoms with van der Waals surface area (Å²) >= 11 is 1.73. The van der Waals surface area contributed by atoms with Crippen LogP contribution in [0.25, 0.3) is 32.3 Å². The first kappa shape index (κ1) is 17.4. The highest BCUT2D eigenvalue weighted by Crippen LogP contribution is 2.45. The molecule has 0 saturated carbocycles. The molecule has 0 unspecified atom stereocenters. The number of ether oxygens (including phenoxy) is 3. The normalized spacial score (nSPS) is 10.8. The molecule has 0 N–H and O–H groups in total. The number of thiophene rings is 1. The van der Waals surface area contributed by atoms with E-state index in [-0.39, 0.29) is 0 Å². The Morgan fingerprint density at radius 3 is 2.04 bits per heavy atom. The van der Waals surface area contributed by atoms with Gasteiger partial charge >= 0.3 is 0 Å². The first-order valence-electron chi connectivity index (χ1n) is 8.62. The van der Waals surface area contributed by atoms with Gasteiger partial charge in [0.1, 0.15) is 0 Å². The predicted octanol–water partition coefficient (Wildman–Crippen LogP) is 6.26. The van der Waals surface area contributed by atoms with Crippen LogP contribution in [0.3, 0.4) is 0 Å². The molecule has 0 aliphatic carbocycles. The van der Waals surface area contributed by atoms with E-state index in [2.05, 4.69) is 53.9 Å². The van der Waals surface area contributed by atoms with E-state index in [1.807, 2.05) is 12.1 Å². The molecule has 0 fully saturated rings. The molecule has 4 rings (SSSR count). The summed E-state index contributed by atoms with van der Waals surface area (Å²) in [4.78, 5) is 1.22. The minimum Gasteiger partial charge on any atom is -0.493 e. The largest absolute Gasteiger partial charge is 0.493 e. The SMILES string of the molecule is COc1cc(-c2ccsc2-c2ccc3ccccc3c2)cc(OC)c1OC. The average molecular weight is 376 g/mol. The lowest BCUT2D eigenvalue weighted by molar-refractivity contribution is 0.324. The summed E-state index contributed by atoms with van der Waals surface area (Å²) in [5.74, 6) is 1.91. The molecule has 0 radical (unpaired) electrons. The lowest BCUT2D eigenvalue weighted by Gasteiger charge is -2.14. The number of fused-ring (bicyclic) bond motifs is 1. The van der Waals surface area contributed by atoms with Crippen LogP contribution in [0.15, 0.2) is 66.0 Å². The van der Waals surface area contributed by atoms with Gasteiger partial charge in [0.25, 0.3) is 0 Å². The fraction of sp³-hybridized carbons (Fsp3) is 0.130. The van der Waals surface area contributed by atoms with Gasteiger partial charge in [0.05, 0.1) is 21.3 Å². The van der Waals surface area contributed by atoms with Gasteiger partial charge in [-0.05, 0) is 51.5 Å². The summed E-state index contributed by atoms with van der Waals surface area (Å²) in [6.07, 6.45) is 0. The van der Waals surface area contributed by atoms with Gasteiger partial charge in [0, 0.05) is 10.4 Å². The van der Waals surface area contributed by atoms with Crippen LogP contribution in [0.4, 0.5) is 0 Å². The molecule has 4 aromatic rings. The van der Waals surface area contributed by atoms with E-state index in [0.717, 1.165) is 11.1 Å². The monoisotopic (exact) mass is 376 g/mol. The van der Waals surface area contributed by atoms with E-state index < -0.39 is 0 Å². The fourth-order valence-electron chi connectivity index (χ4n) is 3.33. The Morgan fingerprint density at radius 1 is 0.667 bits per heavy atom. The van der Waals surface area contributed by atoms with Gasteiger partial charge in [0.2, 0.25) is 5.75 Å². The number of methoxy groups -OCH3 is 3. The smallest absolute Gasteiger partial charge is 0.203 e. The van der Waals surface area contributed by atoms with Crippen LogP contribution in [0, 0.1) is 0 Å². The van der Waals surface area contributed by atoms with Crippen molar-refractivity contribution in [3.8, 4) is 38.8 Å². The van der Waals surface area contributed by atoms with E-state index in [1.54, 1.807) is 32.7 Å². The minimum absolute atomic E-state index is 0.603. The van der Waals surface area contributed by atoms with Gasteiger partial charge in [-0.1, -0.05) is 36.4 Å². The Kier molecular flexibility index (Phi) is 4.73. The molecule has 136 valence electrons. The van der Waals surface area contributed by atoms with Crippen LogP contribution in [0.5, 0.6) is 17.2 Å². The Bertz CT molecular complexity index is 1070. The van der Waals surface area contributed by atoms with Crippen LogP contribution >= 0.6 is 11.3 Å². The van der Waals surface area contributed by atoms with Crippen LogP contribution in [0.2, 0.25) is 0 Å². The second kappa shape index (κ2) is 7.33. The number of benzene rings is 3. The highest BCUT2D eigenvalue weighted by atomic mass is 32.1. The predicted molar refractivity (Wildman–Crippen MR) is 112 cm³/mol. The van der Waals surface area contributed by atoms with Crippen molar-refractivity contribution >= 4 is 22.1 Å². The molecule has 1 aromatic heterocycles. The standard InChI is InChI=1S/C23H20O3S/c1-24-20-13-18(14-21(25-2)22(20)26-3)19-10-11-27-23(19)17-9-8-15-6-4-5-7-16(15)12-17/h4-14H,1-3H3. The molecule has 27 heavy (non-hydrogen) atoms. The Hall–Kier alpha value is -2.98. The van der Waals surface area contributed by atoms with Gasteiger partial charge in [0.15, 0.2) is 11.5 Å². The summed E-state index contributed by atoms with van der Waals surface area (Å²) in [6.45, 7) is 0. The molecule has 3 nitrogen and oxygen atoms in total. The summed E-state index contributed by atoms with van der Waals surface area (Å²) < 4.78 is 16.5. The summed E-state index contributed by atoms with van der Waals surface area (Å²) in [7, 11) is 4.89. The zero-order valence-corrected chi connectivity index (χ0v) is 16.3. The molecule has 0 saturated heterocycles. The summed E-state index contributed by atoms with van der Waals surface area (Å²) in [5.41, 5.74) is 3.39. The minimum atomic E-state index is 0.603. The van der Waals surface area contributed by atoms with Gasteiger partial charge in [-0.3, -0.25) is 0 Å². The Labute approximate surface area is 162 Å². The van der Waals surface area contributed by atoms with Crippen LogP contribution in [-0.4, -0.2) is 21.3 Å². The molecule has 0 bridgehead atoms. The Balaban J connectivity index is 1.86. The van der Waals surface area contributed by atoms with Crippen LogP contribution in [0.1, 0.15) is 0 Å². The Morgan fingerprint density at radius 2 is 1.37 bits per heavy atom. The molecule has 0 aliphatic heterocycles. The maximum absolute atomic E-state index is 5.52. The van der Waals surface area contributed by atoms with E-state index in [1.165, 1.54) is 21.2 Å². The second-order valence-electron chi connectivity index (χ2n) is 6.14. The van der Waals surface area contributed by atoms with Crippen molar-refractivity contribution < 1.29 is 14.2 Å². The number of hydrogen-bond donors (Lipinski definition) is 0. The summed E-state index contributed by atoms with van der Waals surface area (Å²) in [5, 5.41) is 4.59. The topological polar surface area (TPSA) is 27.7 Å². The molecule has 1 heterocycles. The van der Waals surface area contributed by atoms with Gasteiger partial charge < -0.3 is 14.2 Å². The highest BCUT2D eigenvalue weighted by molar-refractivity contribution is 7.14. The number of hydrogen-bond acceptors (Lipinski definition) is 4. The van der Waals surface area contributed by atoms with Crippen molar-refractivity contribution in [1.29, 1.82) is 0 Å². The van der Waals surface area contributed by atoms with Gasteiger partial charge in [-0.25, -0.2) is 0 Å². The average Bonchev–Trinajstić information content (AvgIpc) is 3.22. The zero-order chi connectivity index (χ0) is 18.8. The van der Waals surface area contributed by atoms with Crippen molar-refractivity contribution in [2.75, 3.05) is 21.3 Å². The van der Waals surface area contributed by atoms with Crippen molar-refractivity contribution in [2.45, 2.75) is 0 Å².